The second kappa shape index (κ2) is 6.01. The van der Waals surface area contributed by atoms with Crippen LogP contribution in [-0.2, 0) is 0 Å². The van der Waals surface area contributed by atoms with E-state index >= 15 is 0 Å². The second-order valence-electron chi connectivity index (χ2n) is 2.84. The number of carboxylic acids is 2. The summed E-state index contributed by atoms with van der Waals surface area (Å²) >= 11 is 0. The number of carbonyl (C=O) groups is 2. The Morgan fingerprint density at radius 3 is 2.00 bits per heavy atom. The maximum absolute atomic E-state index is 10.4. The first-order valence-corrected chi connectivity index (χ1v) is 4.46. The summed E-state index contributed by atoms with van der Waals surface area (Å²) in [7, 11) is 0. The molecule has 0 unspecified atom stereocenters. The SMILES string of the molecule is O=C(O)c1cccc(C(=O)O)c1.c1nc[nH]n1. The molecule has 88 valence electrons. The van der Waals surface area contributed by atoms with Gasteiger partial charge in [0.05, 0.1) is 11.1 Å². The zero-order valence-electron chi connectivity index (χ0n) is 8.57. The lowest BCUT2D eigenvalue weighted by Crippen LogP contribution is -2.01. The average molecular weight is 235 g/mol. The summed E-state index contributed by atoms with van der Waals surface area (Å²) in [4.78, 5) is 24.3. The molecule has 7 nitrogen and oxygen atoms in total. The molecule has 0 atom stereocenters. The van der Waals surface area contributed by atoms with E-state index in [1.165, 1.54) is 30.9 Å². The molecule has 0 bridgehead atoms. The molecule has 0 aliphatic carbocycles. The number of aromatic nitrogens is 3. The highest BCUT2D eigenvalue weighted by atomic mass is 16.4. The molecular formula is C10H9N3O4. The first kappa shape index (κ1) is 12.4. The van der Waals surface area contributed by atoms with Crippen molar-refractivity contribution in [2.24, 2.45) is 0 Å². The molecule has 0 radical (unpaired) electrons. The van der Waals surface area contributed by atoms with Crippen LogP contribution in [0.25, 0.3) is 0 Å². The summed E-state index contributed by atoms with van der Waals surface area (Å²) < 4.78 is 0. The molecule has 2 rings (SSSR count). The minimum atomic E-state index is -1.13. The molecule has 0 aliphatic heterocycles. The summed E-state index contributed by atoms with van der Waals surface area (Å²) in [5.41, 5.74) is -0.0372. The number of aromatic amines is 1. The maximum atomic E-state index is 10.4. The normalized spacial score (nSPS) is 8.94. The van der Waals surface area contributed by atoms with E-state index in [4.69, 9.17) is 10.2 Å². The smallest absolute Gasteiger partial charge is 0.335 e. The molecule has 2 aromatic rings. The third-order valence-electron chi connectivity index (χ3n) is 1.69. The fourth-order valence-electron chi connectivity index (χ4n) is 0.952. The Morgan fingerprint density at radius 2 is 1.71 bits per heavy atom. The molecule has 7 heteroatoms. The monoisotopic (exact) mass is 235 g/mol. The van der Waals surface area contributed by atoms with E-state index in [1.54, 1.807) is 0 Å². The molecule has 1 heterocycles. The molecule has 17 heavy (non-hydrogen) atoms. The number of hydrogen-bond acceptors (Lipinski definition) is 4. The van der Waals surface area contributed by atoms with Crippen molar-refractivity contribution in [3.8, 4) is 0 Å². The number of hydrogen-bond donors (Lipinski definition) is 3. The predicted octanol–water partition coefficient (Wildman–Crippen LogP) is 0.888. The van der Waals surface area contributed by atoms with E-state index < -0.39 is 11.9 Å². The Labute approximate surface area is 95.8 Å². The molecule has 1 aromatic carbocycles. The van der Waals surface area contributed by atoms with Crippen molar-refractivity contribution in [2.45, 2.75) is 0 Å². The highest BCUT2D eigenvalue weighted by molar-refractivity contribution is 5.93. The van der Waals surface area contributed by atoms with Gasteiger partial charge in [-0.25, -0.2) is 14.6 Å². The number of nitrogens with zero attached hydrogens (tertiary/aromatic N) is 2. The topological polar surface area (TPSA) is 116 Å². The van der Waals surface area contributed by atoms with Gasteiger partial charge in [-0.15, -0.1) is 0 Å². The van der Waals surface area contributed by atoms with E-state index in [0.717, 1.165) is 6.07 Å². The van der Waals surface area contributed by atoms with Gasteiger partial charge in [0.25, 0.3) is 0 Å². The zero-order chi connectivity index (χ0) is 12.7. The van der Waals surface area contributed by atoms with Gasteiger partial charge < -0.3 is 10.2 Å². The molecule has 0 saturated carbocycles. The molecule has 0 fully saturated rings. The van der Waals surface area contributed by atoms with Crippen molar-refractivity contribution in [3.05, 3.63) is 48.0 Å². The largest absolute Gasteiger partial charge is 0.478 e. The Morgan fingerprint density at radius 1 is 1.12 bits per heavy atom. The first-order valence-electron chi connectivity index (χ1n) is 4.46. The van der Waals surface area contributed by atoms with Gasteiger partial charge in [0.2, 0.25) is 0 Å². The van der Waals surface area contributed by atoms with Crippen LogP contribution in [0.5, 0.6) is 0 Å². The van der Waals surface area contributed by atoms with Crippen molar-refractivity contribution in [1.82, 2.24) is 15.2 Å². The van der Waals surface area contributed by atoms with Crippen LogP contribution in [0.3, 0.4) is 0 Å². The van der Waals surface area contributed by atoms with Gasteiger partial charge in [0, 0.05) is 0 Å². The highest BCUT2D eigenvalue weighted by Crippen LogP contribution is 2.04. The van der Waals surface area contributed by atoms with Crippen molar-refractivity contribution >= 4 is 11.9 Å². The van der Waals surface area contributed by atoms with Crippen LogP contribution >= 0.6 is 0 Å². The van der Waals surface area contributed by atoms with Gasteiger partial charge in [-0.3, -0.25) is 5.10 Å². The summed E-state index contributed by atoms with van der Waals surface area (Å²) in [5.74, 6) is -2.25. The minimum Gasteiger partial charge on any atom is -0.478 e. The Hall–Kier alpha value is -2.70. The van der Waals surface area contributed by atoms with Crippen LogP contribution in [0.4, 0.5) is 0 Å². The van der Waals surface area contributed by atoms with Crippen molar-refractivity contribution in [3.63, 3.8) is 0 Å². The van der Waals surface area contributed by atoms with Gasteiger partial charge in [0.1, 0.15) is 12.7 Å². The molecule has 0 amide bonds. The molecule has 0 aliphatic rings. The third kappa shape index (κ3) is 4.12. The Balaban J connectivity index is 0.000000239. The summed E-state index contributed by atoms with van der Waals surface area (Å²) in [5, 5.41) is 23.0. The zero-order valence-corrected chi connectivity index (χ0v) is 8.57. The first-order chi connectivity index (χ1) is 8.11. The van der Waals surface area contributed by atoms with E-state index in [-0.39, 0.29) is 11.1 Å². The van der Waals surface area contributed by atoms with E-state index in [0.29, 0.717) is 0 Å². The van der Waals surface area contributed by atoms with Crippen LogP contribution in [-0.4, -0.2) is 37.3 Å². The molecule has 3 N–H and O–H groups in total. The van der Waals surface area contributed by atoms with Crippen molar-refractivity contribution in [2.75, 3.05) is 0 Å². The van der Waals surface area contributed by atoms with Crippen LogP contribution in [0.15, 0.2) is 36.9 Å². The van der Waals surface area contributed by atoms with Crippen LogP contribution in [0.2, 0.25) is 0 Å². The number of H-pyrrole nitrogens is 1. The second-order valence-corrected chi connectivity index (χ2v) is 2.84. The Bertz CT molecular complexity index is 450. The number of rotatable bonds is 2. The van der Waals surface area contributed by atoms with Crippen molar-refractivity contribution in [1.29, 1.82) is 0 Å². The molecular weight excluding hydrogens is 226 g/mol. The number of nitrogens with one attached hydrogen (secondary N) is 1. The van der Waals surface area contributed by atoms with Gasteiger partial charge >= 0.3 is 11.9 Å². The van der Waals surface area contributed by atoms with Gasteiger partial charge in [0.15, 0.2) is 0 Å². The van der Waals surface area contributed by atoms with Gasteiger partial charge in [-0.2, -0.15) is 5.10 Å². The number of benzene rings is 1. The highest BCUT2D eigenvalue weighted by Gasteiger charge is 2.06. The van der Waals surface area contributed by atoms with E-state index in [2.05, 4.69) is 15.2 Å². The molecule has 1 aromatic heterocycles. The Kier molecular flexibility index (Phi) is 4.37. The number of carboxylic acid groups (broad SMARTS) is 2. The standard InChI is InChI=1S/C8H6O4.C2H3N3/c9-7(10)5-2-1-3-6(4-5)8(11)12;1-3-2-5-4-1/h1-4H,(H,9,10)(H,11,12);1-2H,(H,3,4,5). The van der Waals surface area contributed by atoms with Crippen LogP contribution < -0.4 is 0 Å². The fraction of sp³-hybridized carbons (Fsp3) is 0. The lowest BCUT2D eigenvalue weighted by molar-refractivity contribution is 0.0696. The maximum Gasteiger partial charge on any atom is 0.335 e. The lowest BCUT2D eigenvalue weighted by atomic mass is 10.1. The predicted molar refractivity (Wildman–Crippen MR) is 56.7 cm³/mol. The van der Waals surface area contributed by atoms with E-state index in [9.17, 15) is 9.59 Å². The number of aromatic carboxylic acids is 2. The van der Waals surface area contributed by atoms with Crippen molar-refractivity contribution < 1.29 is 19.8 Å². The average Bonchev–Trinajstić information content (AvgIpc) is 2.87. The van der Waals surface area contributed by atoms with Crippen LogP contribution in [0, 0.1) is 0 Å². The van der Waals surface area contributed by atoms with E-state index in [1.807, 2.05) is 0 Å². The quantitative estimate of drug-likeness (QED) is 0.711. The van der Waals surface area contributed by atoms with Crippen LogP contribution in [0.1, 0.15) is 20.7 Å². The van der Waals surface area contributed by atoms with Gasteiger partial charge in [-0.05, 0) is 18.2 Å². The molecule has 0 saturated heterocycles. The summed E-state index contributed by atoms with van der Waals surface area (Å²) in [6.07, 6.45) is 2.96. The molecule has 0 spiro atoms. The minimum absolute atomic E-state index is 0.0186. The summed E-state index contributed by atoms with van der Waals surface area (Å²) in [6, 6.07) is 5.20. The summed E-state index contributed by atoms with van der Waals surface area (Å²) in [6.45, 7) is 0. The third-order valence-corrected chi connectivity index (χ3v) is 1.69. The lowest BCUT2D eigenvalue weighted by Gasteiger charge is -1.95. The van der Waals surface area contributed by atoms with Gasteiger partial charge in [-0.1, -0.05) is 6.07 Å². The fourth-order valence-corrected chi connectivity index (χ4v) is 0.952.